The number of carbonyl (C=O) groups excluding carboxylic acids is 2. The van der Waals surface area contributed by atoms with Gasteiger partial charge in [0.15, 0.2) is 6.10 Å². The van der Waals surface area contributed by atoms with E-state index < -0.39 is 32.5 Å². The van der Waals surface area contributed by atoms with Crippen LogP contribution in [0.3, 0.4) is 0 Å². The maximum absolute atomic E-state index is 12.6. The summed E-state index contributed by atoms with van der Waals surface area (Å²) in [6.07, 6.45) is 75.2. The van der Waals surface area contributed by atoms with Gasteiger partial charge in [-0.05, 0) is 103 Å². The topological polar surface area (TPSA) is 134 Å². The van der Waals surface area contributed by atoms with Crippen molar-refractivity contribution in [3.05, 3.63) is 146 Å². The molecule has 3 N–H and O–H groups in total. The first-order valence-corrected chi connectivity index (χ1v) is 27.3. The van der Waals surface area contributed by atoms with Crippen LogP contribution < -0.4 is 5.73 Å². The number of ether oxygens (including phenoxy) is 2. The van der Waals surface area contributed by atoms with Crippen molar-refractivity contribution in [1.29, 1.82) is 0 Å². The van der Waals surface area contributed by atoms with E-state index in [1.54, 1.807) is 0 Å². The molecule has 382 valence electrons. The summed E-state index contributed by atoms with van der Waals surface area (Å²) in [6, 6.07) is 0. The van der Waals surface area contributed by atoms with Crippen molar-refractivity contribution in [2.45, 2.75) is 180 Å². The summed E-state index contributed by atoms with van der Waals surface area (Å²) < 4.78 is 32.6. The third-order valence-corrected chi connectivity index (χ3v) is 11.0. The van der Waals surface area contributed by atoms with Crippen molar-refractivity contribution in [3.8, 4) is 0 Å². The Labute approximate surface area is 414 Å². The van der Waals surface area contributed by atoms with Gasteiger partial charge in [0.25, 0.3) is 0 Å². The van der Waals surface area contributed by atoms with E-state index in [0.29, 0.717) is 6.42 Å². The molecule has 9 nitrogen and oxygen atoms in total. The summed E-state index contributed by atoms with van der Waals surface area (Å²) >= 11 is 0. The summed E-state index contributed by atoms with van der Waals surface area (Å²) in [5.74, 6) is -0.881. The molecule has 0 aromatic carbocycles. The molecule has 10 heteroatoms. The molecule has 0 aromatic heterocycles. The number of esters is 2. The smallest absolute Gasteiger partial charge is 0.462 e. The van der Waals surface area contributed by atoms with E-state index in [1.165, 1.54) is 6.42 Å². The number of allylic oxidation sites excluding steroid dienone is 24. The summed E-state index contributed by atoms with van der Waals surface area (Å²) in [5.41, 5.74) is 5.33. The van der Waals surface area contributed by atoms with E-state index in [-0.39, 0.29) is 32.6 Å². The number of nitrogens with two attached hydrogens (primary N) is 1. The molecule has 0 aliphatic heterocycles. The number of hydrogen-bond donors (Lipinski definition) is 2. The molecular formula is C58H92NO8P. The lowest BCUT2D eigenvalue weighted by atomic mass is 10.1. The maximum atomic E-state index is 12.6. The van der Waals surface area contributed by atoms with Gasteiger partial charge in [0, 0.05) is 19.4 Å². The molecular weight excluding hydrogens is 870 g/mol. The highest BCUT2D eigenvalue weighted by atomic mass is 31.2. The summed E-state index contributed by atoms with van der Waals surface area (Å²) in [6.45, 7) is 3.48. The second-order valence-electron chi connectivity index (χ2n) is 16.3. The molecule has 0 spiro atoms. The minimum Gasteiger partial charge on any atom is -0.462 e. The molecule has 2 unspecified atom stereocenters. The molecule has 0 radical (unpaired) electrons. The van der Waals surface area contributed by atoms with E-state index in [4.69, 9.17) is 24.3 Å². The fourth-order valence-electron chi connectivity index (χ4n) is 6.20. The fourth-order valence-corrected chi connectivity index (χ4v) is 6.97. The number of rotatable bonds is 46. The van der Waals surface area contributed by atoms with Crippen LogP contribution in [0.5, 0.6) is 0 Å². The monoisotopic (exact) mass is 962 g/mol. The minimum absolute atomic E-state index is 0.0421. The van der Waals surface area contributed by atoms with Crippen LogP contribution in [0.15, 0.2) is 146 Å². The molecule has 0 amide bonds. The molecule has 0 saturated heterocycles. The van der Waals surface area contributed by atoms with Crippen LogP contribution >= 0.6 is 7.82 Å². The predicted octanol–water partition coefficient (Wildman–Crippen LogP) is 16.0. The van der Waals surface area contributed by atoms with Gasteiger partial charge < -0.3 is 20.1 Å². The van der Waals surface area contributed by atoms with Crippen LogP contribution in [0, 0.1) is 0 Å². The Balaban J connectivity index is 3.98. The van der Waals surface area contributed by atoms with Crippen LogP contribution in [-0.2, 0) is 32.7 Å². The van der Waals surface area contributed by atoms with Gasteiger partial charge >= 0.3 is 19.8 Å². The van der Waals surface area contributed by atoms with Crippen LogP contribution in [0.1, 0.15) is 174 Å². The van der Waals surface area contributed by atoms with Crippen molar-refractivity contribution >= 4 is 19.8 Å². The molecule has 0 aliphatic carbocycles. The number of phosphoric ester groups is 1. The summed E-state index contributed by atoms with van der Waals surface area (Å²) in [5, 5.41) is 0. The van der Waals surface area contributed by atoms with Gasteiger partial charge in [-0.25, -0.2) is 4.57 Å². The predicted molar refractivity (Wildman–Crippen MR) is 288 cm³/mol. The Hall–Kier alpha value is -4.11. The zero-order valence-corrected chi connectivity index (χ0v) is 43.2. The first kappa shape index (κ1) is 63.9. The highest BCUT2D eigenvalue weighted by molar-refractivity contribution is 7.47. The fraction of sp³-hybridized carbons (Fsp3) is 0.552. The third kappa shape index (κ3) is 51.3. The number of hydrogen-bond acceptors (Lipinski definition) is 8. The molecule has 0 aliphatic rings. The van der Waals surface area contributed by atoms with Gasteiger partial charge in [-0.2, -0.15) is 0 Å². The largest absolute Gasteiger partial charge is 0.472 e. The minimum atomic E-state index is -4.39. The summed E-state index contributed by atoms with van der Waals surface area (Å²) in [4.78, 5) is 34.6. The van der Waals surface area contributed by atoms with Gasteiger partial charge in [-0.3, -0.25) is 18.6 Å². The van der Waals surface area contributed by atoms with Crippen molar-refractivity contribution in [3.63, 3.8) is 0 Å². The lowest BCUT2D eigenvalue weighted by Crippen LogP contribution is -2.29. The average Bonchev–Trinajstić information content (AvgIpc) is 3.33. The van der Waals surface area contributed by atoms with Crippen molar-refractivity contribution < 1.29 is 37.6 Å². The standard InChI is InChI=1S/C58H92NO8P/c1-3-5-7-9-11-12-13-14-15-16-17-18-19-20-21-22-23-24-25-26-27-28-29-30-31-32-33-34-35-36-37-38-39-40-41-42-43-44-45-47-49-51-58(61)67-56(55-66-68(62,63)65-53-52-59)54-64-57(60)50-48-46-10-8-6-4-2/h5,7,11-12,14-15,17-18,20-21,23-24,26-27,29-30,32-33,35-36,38-39,41-42,56H,3-4,6,8-10,13,16,19,22,25,28,31,34,37,40,43-55,59H2,1-2H3,(H,62,63)/b7-5-,12-11-,15-14-,18-17-,21-20-,24-23-,27-26-,30-29-,33-32-,36-35-,39-38-,42-41-. The Morgan fingerprint density at radius 3 is 1.21 bits per heavy atom. The average molecular weight is 962 g/mol. The van der Waals surface area contributed by atoms with Crippen LogP contribution in [-0.4, -0.2) is 49.3 Å². The van der Waals surface area contributed by atoms with E-state index >= 15 is 0 Å². The second-order valence-corrected chi connectivity index (χ2v) is 17.8. The van der Waals surface area contributed by atoms with Crippen LogP contribution in [0.25, 0.3) is 0 Å². The molecule has 0 fully saturated rings. The Morgan fingerprint density at radius 1 is 0.456 bits per heavy atom. The zero-order chi connectivity index (χ0) is 49.5. The van der Waals surface area contributed by atoms with E-state index in [0.717, 1.165) is 135 Å². The Kier molecular flexibility index (Phi) is 49.1. The lowest BCUT2D eigenvalue weighted by molar-refractivity contribution is -0.161. The van der Waals surface area contributed by atoms with Gasteiger partial charge in [0.1, 0.15) is 6.61 Å². The van der Waals surface area contributed by atoms with Gasteiger partial charge in [-0.1, -0.05) is 205 Å². The third-order valence-electron chi connectivity index (χ3n) is 9.99. The zero-order valence-electron chi connectivity index (χ0n) is 42.3. The van der Waals surface area contributed by atoms with Crippen LogP contribution in [0.4, 0.5) is 0 Å². The molecule has 0 heterocycles. The molecule has 0 bridgehead atoms. The summed E-state index contributed by atoms with van der Waals surface area (Å²) in [7, 11) is -4.39. The quantitative estimate of drug-likeness (QED) is 0.0265. The van der Waals surface area contributed by atoms with Crippen molar-refractivity contribution in [2.24, 2.45) is 5.73 Å². The number of phosphoric acid groups is 1. The Bertz CT molecular complexity index is 1610. The second kappa shape index (κ2) is 52.3. The van der Waals surface area contributed by atoms with Crippen LogP contribution in [0.2, 0.25) is 0 Å². The first-order valence-electron chi connectivity index (χ1n) is 25.8. The number of unbranched alkanes of at least 4 members (excludes halogenated alkanes) is 9. The highest BCUT2D eigenvalue weighted by Crippen LogP contribution is 2.43. The maximum Gasteiger partial charge on any atom is 0.472 e. The molecule has 0 aromatic rings. The SMILES string of the molecule is CC/C=C\C/C=C\C/C=C\C/C=C\C/C=C\C/C=C\C/C=C\C/C=C\C/C=C\C/C=C\C/C=C\C/C=C\CCCCCCC(=O)OC(COC(=O)CCCCCCCC)COP(=O)(O)OCCN. The van der Waals surface area contributed by atoms with Crippen molar-refractivity contribution in [2.75, 3.05) is 26.4 Å². The molecule has 0 rings (SSSR count). The van der Waals surface area contributed by atoms with Crippen molar-refractivity contribution in [1.82, 2.24) is 0 Å². The normalized spacial score (nSPS) is 14.4. The Morgan fingerprint density at radius 2 is 0.809 bits per heavy atom. The van der Waals surface area contributed by atoms with Gasteiger partial charge in [-0.15, -0.1) is 0 Å². The molecule has 0 saturated carbocycles. The van der Waals surface area contributed by atoms with E-state index in [2.05, 4.69) is 160 Å². The number of carbonyl (C=O) groups is 2. The van der Waals surface area contributed by atoms with Gasteiger partial charge in [0.2, 0.25) is 0 Å². The highest BCUT2D eigenvalue weighted by Gasteiger charge is 2.26. The molecule has 68 heavy (non-hydrogen) atoms. The molecule has 2 atom stereocenters. The van der Waals surface area contributed by atoms with E-state index in [9.17, 15) is 19.0 Å². The van der Waals surface area contributed by atoms with E-state index in [1.807, 2.05) is 0 Å². The lowest BCUT2D eigenvalue weighted by Gasteiger charge is -2.19. The van der Waals surface area contributed by atoms with Gasteiger partial charge in [0.05, 0.1) is 13.2 Å². The first-order chi connectivity index (χ1) is 33.3.